The van der Waals surface area contributed by atoms with Crippen molar-refractivity contribution in [2.24, 2.45) is 0 Å². The molecule has 0 amide bonds. The van der Waals surface area contributed by atoms with Gasteiger partial charge in [-0.05, 0) is 42.0 Å². The summed E-state index contributed by atoms with van der Waals surface area (Å²) < 4.78 is 0. The quantitative estimate of drug-likeness (QED) is 0.540. The normalized spacial score (nSPS) is 10.1. The van der Waals surface area contributed by atoms with Crippen molar-refractivity contribution in [2.45, 2.75) is 6.42 Å². The van der Waals surface area contributed by atoms with E-state index in [9.17, 15) is 0 Å². The predicted octanol–water partition coefficient (Wildman–Crippen LogP) is 4.54. The molecule has 0 atom stereocenters. The van der Waals surface area contributed by atoms with E-state index in [4.69, 9.17) is 17.3 Å². The van der Waals surface area contributed by atoms with Crippen molar-refractivity contribution >= 4 is 28.1 Å². The summed E-state index contributed by atoms with van der Waals surface area (Å²) in [5.74, 6) is 0. The second-order valence-electron chi connectivity index (χ2n) is 5.46. The molecule has 2 aromatic carbocycles. The summed E-state index contributed by atoms with van der Waals surface area (Å²) in [4.78, 5) is 4.01. The molecule has 0 saturated carbocycles. The van der Waals surface area contributed by atoms with Gasteiger partial charge in [0.15, 0.2) is 0 Å². The van der Waals surface area contributed by atoms with Gasteiger partial charge in [0.05, 0.1) is 11.9 Å². The maximum atomic E-state index is 5.56. The Labute approximate surface area is 151 Å². The topological polar surface area (TPSA) is 64.7 Å². The molecule has 0 aliphatic heterocycles. The van der Waals surface area contributed by atoms with E-state index in [2.05, 4.69) is 27.3 Å². The van der Waals surface area contributed by atoms with Gasteiger partial charge in [0, 0.05) is 40.3 Å². The molecule has 5 heteroatoms. The van der Waals surface area contributed by atoms with Crippen LogP contribution in [0, 0.1) is 0 Å². The first-order valence-electron chi connectivity index (χ1n) is 7.81. The minimum atomic E-state index is 0.721. The van der Waals surface area contributed by atoms with E-state index in [0.29, 0.717) is 0 Å². The molecular weight excluding hydrogens is 332 g/mol. The smallest absolute Gasteiger partial charge is 0.0753 e. The second kappa shape index (κ2) is 8.22. The van der Waals surface area contributed by atoms with Crippen LogP contribution in [0.5, 0.6) is 0 Å². The lowest BCUT2D eigenvalue weighted by molar-refractivity contribution is 0.956. The van der Waals surface area contributed by atoms with Gasteiger partial charge in [-0.2, -0.15) is 10.2 Å². The van der Waals surface area contributed by atoms with E-state index < -0.39 is 0 Å². The Morgan fingerprint density at radius 2 is 1.60 bits per heavy atom. The van der Waals surface area contributed by atoms with Crippen molar-refractivity contribution in [3.63, 3.8) is 0 Å². The molecule has 2 N–H and O–H groups in total. The molecule has 0 fully saturated rings. The van der Waals surface area contributed by atoms with Crippen molar-refractivity contribution in [3.05, 3.63) is 95.5 Å². The summed E-state index contributed by atoms with van der Waals surface area (Å²) in [5.41, 5.74) is 8.32. The van der Waals surface area contributed by atoms with Crippen LogP contribution in [0.2, 0.25) is 5.02 Å². The standard InChI is InChI=1S/C14H11N3.C6H6ClN/c1-2-4-13-12(3-1)10-16-17-14(13)9-11-5-7-15-8-6-11;7-5-1-3-6(8)4-2-5/h1-8,10H,9H2;1-4H,8H2. The Morgan fingerprint density at radius 3 is 2.32 bits per heavy atom. The Balaban J connectivity index is 0.000000192. The predicted molar refractivity (Wildman–Crippen MR) is 102 cm³/mol. The molecule has 0 spiro atoms. The molecule has 25 heavy (non-hydrogen) atoms. The number of nitrogens with zero attached hydrogens (tertiary/aromatic N) is 3. The van der Waals surface area contributed by atoms with E-state index in [1.165, 1.54) is 10.9 Å². The molecule has 0 aliphatic carbocycles. The first-order chi connectivity index (χ1) is 12.2. The maximum Gasteiger partial charge on any atom is 0.0753 e. The molecule has 2 heterocycles. The number of pyridine rings is 1. The number of hydrogen-bond donors (Lipinski definition) is 1. The highest BCUT2D eigenvalue weighted by Crippen LogP contribution is 2.17. The number of aromatic nitrogens is 3. The van der Waals surface area contributed by atoms with Gasteiger partial charge in [-0.25, -0.2) is 0 Å². The largest absolute Gasteiger partial charge is 0.399 e. The molecule has 4 aromatic rings. The van der Waals surface area contributed by atoms with Crippen molar-refractivity contribution in [1.29, 1.82) is 0 Å². The molecule has 0 bridgehead atoms. The van der Waals surface area contributed by atoms with E-state index in [-0.39, 0.29) is 0 Å². The zero-order valence-electron chi connectivity index (χ0n) is 13.5. The summed E-state index contributed by atoms with van der Waals surface area (Å²) in [7, 11) is 0. The van der Waals surface area contributed by atoms with Crippen LogP contribution in [-0.2, 0) is 6.42 Å². The van der Waals surface area contributed by atoms with Crippen LogP contribution in [0.4, 0.5) is 5.69 Å². The van der Waals surface area contributed by atoms with Crippen LogP contribution < -0.4 is 5.73 Å². The van der Waals surface area contributed by atoms with Crippen LogP contribution in [0.25, 0.3) is 10.8 Å². The van der Waals surface area contributed by atoms with Crippen LogP contribution in [0.3, 0.4) is 0 Å². The molecule has 0 radical (unpaired) electrons. The monoisotopic (exact) mass is 348 g/mol. The van der Waals surface area contributed by atoms with Crippen LogP contribution >= 0.6 is 11.6 Å². The SMILES string of the molecule is Nc1ccc(Cl)cc1.c1ccc2c(Cc3ccncc3)nncc2c1. The van der Waals surface area contributed by atoms with E-state index in [1.807, 2.05) is 24.3 Å². The average molecular weight is 349 g/mol. The Hall–Kier alpha value is -2.98. The van der Waals surface area contributed by atoms with Gasteiger partial charge in [0.2, 0.25) is 0 Å². The molecule has 2 aromatic heterocycles. The number of benzene rings is 2. The summed E-state index contributed by atoms with van der Waals surface area (Å²) in [5, 5.41) is 11.3. The highest BCUT2D eigenvalue weighted by molar-refractivity contribution is 6.30. The number of rotatable bonds is 2. The van der Waals surface area contributed by atoms with Gasteiger partial charge in [-0.3, -0.25) is 4.98 Å². The minimum Gasteiger partial charge on any atom is -0.399 e. The summed E-state index contributed by atoms with van der Waals surface area (Å²) in [6.45, 7) is 0. The first kappa shape index (κ1) is 16.9. The fraction of sp³-hybridized carbons (Fsp3) is 0.0500. The zero-order valence-corrected chi connectivity index (χ0v) is 14.3. The van der Waals surface area contributed by atoms with Gasteiger partial charge < -0.3 is 5.73 Å². The van der Waals surface area contributed by atoms with Crippen molar-refractivity contribution < 1.29 is 0 Å². The summed E-state index contributed by atoms with van der Waals surface area (Å²) in [6, 6.07) is 19.2. The van der Waals surface area contributed by atoms with Gasteiger partial charge in [0.1, 0.15) is 0 Å². The van der Waals surface area contributed by atoms with Crippen LogP contribution in [-0.4, -0.2) is 15.2 Å². The Morgan fingerprint density at radius 1 is 0.880 bits per heavy atom. The fourth-order valence-electron chi connectivity index (χ4n) is 2.37. The van der Waals surface area contributed by atoms with Crippen molar-refractivity contribution in [2.75, 3.05) is 5.73 Å². The Bertz CT molecular complexity index is 914. The van der Waals surface area contributed by atoms with Gasteiger partial charge in [0.25, 0.3) is 0 Å². The van der Waals surface area contributed by atoms with Gasteiger partial charge in [-0.15, -0.1) is 0 Å². The van der Waals surface area contributed by atoms with Crippen LogP contribution in [0.15, 0.2) is 79.3 Å². The molecule has 4 nitrogen and oxygen atoms in total. The molecule has 124 valence electrons. The van der Waals surface area contributed by atoms with Crippen LogP contribution in [0.1, 0.15) is 11.3 Å². The molecule has 0 saturated heterocycles. The number of halogens is 1. The van der Waals surface area contributed by atoms with E-state index in [1.54, 1.807) is 42.9 Å². The van der Waals surface area contributed by atoms with E-state index >= 15 is 0 Å². The van der Waals surface area contributed by atoms with Crippen molar-refractivity contribution in [3.8, 4) is 0 Å². The third-order valence-corrected chi connectivity index (χ3v) is 3.89. The highest BCUT2D eigenvalue weighted by Gasteiger charge is 2.03. The summed E-state index contributed by atoms with van der Waals surface area (Å²) in [6.07, 6.45) is 6.18. The molecule has 4 rings (SSSR count). The highest BCUT2D eigenvalue weighted by atomic mass is 35.5. The lowest BCUT2D eigenvalue weighted by Gasteiger charge is -2.04. The lowest BCUT2D eigenvalue weighted by Crippen LogP contribution is -1.96. The average Bonchev–Trinajstić information content (AvgIpc) is 2.66. The number of anilines is 1. The molecule has 0 aliphatic rings. The fourth-order valence-corrected chi connectivity index (χ4v) is 2.50. The maximum absolute atomic E-state index is 5.56. The first-order valence-corrected chi connectivity index (χ1v) is 8.19. The third kappa shape index (κ3) is 4.75. The Kier molecular flexibility index (Phi) is 5.54. The number of hydrogen-bond acceptors (Lipinski definition) is 4. The minimum absolute atomic E-state index is 0.721. The number of nitrogens with two attached hydrogens (primary N) is 1. The van der Waals surface area contributed by atoms with Gasteiger partial charge in [-0.1, -0.05) is 35.9 Å². The second-order valence-corrected chi connectivity index (χ2v) is 5.90. The van der Waals surface area contributed by atoms with Gasteiger partial charge >= 0.3 is 0 Å². The zero-order chi connectivity index (χ0) is 17.5. The lowest BCUT2D eigenvalue weighted by atomic mass is 10.1. The van der Waals surface area contributed by atoms with E-state index in [0.717, 1.165) is 28.2 Å². The third-order valence-electron chi connectivity index (χ3n) is 3.64. The summed E-state index contributed by atoms with van der Waals surface area (Å²) >= 11 is 5.56. The molecular formula is C20H17ClN4. The number of nitrogen functional groups attached to an aromatic ring is 1. The molecule has 0 unspecified atom stereocenters. The number of fused-ring (bicyclic) bond motifs is 1. The van der Waals surface area contributed by atoms with Crippen molar-refractivity contribution in [1.82, 2.24) is 15.2 Å².